The predicted molar refractivity (Wildman–Crippen MR) is 99.4 cm³/mol. The summed E-state index contributed by atoms with van der Waals surface area (Å²) >= 11 is 0. The maximum atomic E-state index is 11.5. The zero-order valence-electron chi connectivity index (χ0n) is 15.7. The van der Waals surface area contributed by atoms with Crippen LogP contribution in [0.25, 0.3) is 0 Å². The summed E-state index contributed by atoms with van der Waals surface area (Å²) in [4.78, 5) is 11.5. The quantitative estimate of drug-likeness (QED) is 0.809. The van der Waals surface area contributed by atoms with Gasteiger partial charge in [0, 0.05) is 13.2 Å². The Morgan fingerprint density at radius 2 is 1.67 bits per heavy atom. The number of carbonyl (C=O) groups excluding carboxylic acids is 1. The van der Waals surface area contributed by atoms with Crippen molar-refractivity contribution in [1.82, 2.24) is 0 Å². The first-order chi connectivity index (χ1) is 11.4. The van der Waals surface area contributed by atoms with Crippen molar-refractivity contribution in [3.8, 4) is 0 Å². The Morgan fingerprint density at radius 3 is 2.12 bits per heavy atom. The topological polar surface area (TPSA) is 52.3 Å². The lowest BCUT2D eigenvalue weighted by molar-refractivity contribution is -0.117. The molecule has 0 unspecified atom stereocenters. The first kappa shape index (κ1) is 19.0. The molecule has 0 saturated carbocycles. The summed E-state index contributed by atoms with van der Waals surface area (Å²) in [6, 6.07) is 4.63. The molecule has 1 saturated heterocycles. The molecule has 0 bridgehead atoms. The molecule has 0 aliphatic carbocycles. The van der Waals surface area contributed by atoms with Crippen molar-refractivity contribution in [2.75, 3.05) is 13.2 Å². The van der Waals surface area contributed by atoms with Crippen molar-refractivity contribution in [2.24, 2.45) is 11.7 Å². The number of aryl methyl sites for hydroxylation is 1. The van der Waals surface area contributed by atoms with Crippen molar-refractivity contribution >= 4 is 5.91 Å². The van der Waals surface area contributed by atoms with Crippen molar-refractivity contribution < 1.29 is 9.53 Å². The fraction of sp³-hybridized carbons (Fsp3) is 0.667. The van der Waals surface area contributed by atoms with Gasteiger partial charge in [0.2, 0.25) is 5.91 Å². The van der Waals surface area contributed by atoms with Crippen molar-refractivity contribution in [3.05, 3.63) is 34.4 Å². The molecule has 1 aromatic rings. The van der Waals surface area contributed by atoms with Gasteiger partial charge in [-0.15, -0.1) is 0 Å². The summed E-state index contributed by atoms with van der Waals surface area (Å²) in [6.45, 7) is 10.6. The monoisotopic (exact) mass is 331 g/mol. The second-order valence-corrected chi connectivity index (χ2v) is 7.80. The maximum Gasteiger partial charge on any atom is 0.221 e. The highest BCUT2D eigenvalue weighted by atomic mass is 16.5. The zero-order valence-corrected chi connectivity index (χ0v) is 15.7. The average molecular weight is 332 g/mol. The normalized spacial score (nSPS) is 16.1. The first-order valence-corrected chi connectivity index (χ1v) is 9.40. The highest BCUT2D eigenvalue weighted by Crippen LogP contribution is 2.31. The number of carbonyl (C=O) groups is 1. The van der Waals surface area contributed by atoms with Gasteiger partial charge in [-0.3, -0.25) is 4.79 Å². The molecule has 0 aromatic heterocycles. The smallest absolute Gasteiger partial charge is 0.221 e. The van der Waals surface area contributed by atoms with Crippen LogP contribution in [-0.2, 0) is 22.4 Å². The van der Waals surface area contributed by atoms with E-state index >= 15 is 0 Å². The van der Waals surface area contributed by atoms with Crippen LogP contribution in [-0.4, -0.2) is 19.1 Å². The molecule has 134 valence electrons. The lowest BCUT2D eigenvalue weighted by Gasteiger charge is -2.24. The van der Waals surface area contributed by atoms with Gasteiger partial charge in [0.25, 0.3) is 0 Å². The first-order valence-electron chi connectivity index (χ1n) is 9.40. The van der Waals surface area contributed by atoms with E-state index < -0.39 is 0 Å². The number of hydrogen-bond acceptors (Lipinski definition) is 2. The van der Waals surface area contributed by atoms with Gasteiger partial charge in [-0.1, -0.05) is 39.8 Å². The van der Waals surface area contributed by atoms with Crippen molar-refractivity contribution in [3.63, 3.8) is 0 Å². The maximum absolute atomic E-state index is 11.5. The van der Waals surface area contributed by atoms with E-state index in [1.807, 2.05) is 0 Å². The van der Waals surface area contributed by atoms with Crippen LogP contribution in [0.3, 0.4) is 0 Å². The minimum atomic E-state index is -0.242. The molecule has 0 spiro atoms. The fourth-order valence-corrected chi connectivity index (χ4v) is 3.74. The SMILES string of the molecule is CC(C)c1cc(CCC2CCOCC2)cc(C(C)C)c1CC(N)=O. The summed E-state index contributed by atoms with van der Waals surface area (Å²) in [6.07, 6.45) is 5.07. The summed E-state index contributed by atoms with van der Waals surface area (Å²) in [5.41, 5.74) is 10.7. The van der Waals surface area contributed by atoms with Gasteiger partial charge in [-0.2, -0.15) is 0 Å². The number of benzene rings is 1. The predicted octanol–water partition coefficient (Wildman–Crippen LogP) is 4.32. The van der Waals surface area contributed by atoms with Crippen LogP contribution in [0.4, 0.5) is 0 Å². The van der Waals surface area contributed by atoms with Gasteiger partial charge >= 0.3 is 0 Å². The molecule has 1 aromatic carbocycles. The number of rotatable bonds is 7. The van der Waals surface area contributed by atoms with E-state index in [0.717, 1.165) is 31.1 Å². The van der Waals surface area contributed by atoms with Gasteiger partial charge in [-0.25, -0.2) is 0 Å². The molecular formula is C21H33NO2. The molecule has 0 atom stereocenters. The largest absolute Gasteiger partial charge is 0.381 e. The van der Waals surface area contributed by atoms with Crippen molar-refractivity contribution in [1.29, 1.82) is 0 Å². The summed E-state index contributed by atoms with van der Waals surface area (Å²) < 4.78 is 5.46. The van der Waals surface area contributed by atoms with Gasteiger partial charge in [-0.05, 0) is 65.7 Å². The Kier molecular flexibility index (Phi) is 6.85. The summed E-state index contributed by atoms with van der Waals surface area (Å²) in [5.74, 6) is 1.35. The molecule has 3 nitrogen and oxygen atoms in total. The number of hydrogen-bond donors (Lipinski definition) is 1. The van der Waals surface area contributed by atoms with Gasteiger partial charge in [0.15, 0.2) is 0 Å². The Balaban J connectivity index is 2.26. The molecule has 1 fully saturated rings. The van der Waals surface area contributed by atoms with E-state index in [1.54, 1.807) is 0 Å². The molecular weight excluding hydrogens is 298 g/mol. The standard InChI is InChI=1S/C21H33NO2/c1-14(2)18-11-17(6-5-16-7-9-24-10-8-16)12-19(15(3)4)20(18)13-21(22)23/h11-12,14-16H,5-10,13H2,1-4H3,(H2,22,23). The minimum Gasteiger partial charge on any atom is -0.381 e. The average Bonchev–Trinajstić information content (AvgIpc) is 2.53. The molecule has 2 N–H and O–H groups in total. The Bertz CT molecular complexity index is 528. The van der Waals surface area contributed by atoms with Crippen LogP contribution in [0.5, 0.6) is 0 Å². The molecule has 1 heterocycles. The highest BCUT2D eigenvalue weighted by Gasteiger charge is 2.19. The summed E-state index contributed by atoms with van der Waals surface area (Å²) in [7, 11) is 0. The zero-order chi connectivity index (χ0) is 17.7. The summed E-state index contributed by atoms with van der Waals surface area (Å²) in [5, 5.41) is 0. The van der Waals surface area contributed by atoms with E-state index in [1.165, 1.54) is 36.0 Å². The lowest BCUT2D eigenvalue weighted by atomic mass is 9.83. The molecule has 24 heavy (non-hydrogen) atoms. The third-order valence-corrected chi connectivity index (χ3v) is 5.16. The number of primary amides is 1. The van der Waals surface area contributed by atoms with E-state index in [9.17, 15) is 4.79 Å². The highest BCUT2D eigenvalue weighted by molar-refractivity contribution is 5.77. The third-order valence-electron chi connectivity index (χ3n) is 5.16. The van der Waals surface area contributed by atoms with Gasteiger partial charge < -0.3 is 10.5 Å². The fourth-order valence-electron chi connectivity index (χ4n) is 3.74. The van der Waals surface area contributed by atoms with Crippen LogP contribution in [0, 0.1) is 5.92 Å². The third kappa shape index (κ3) is 5.07. The Hall–Kier alpha value is -1.35. The number of amides is 1. The van der Waals surface area contributed by atoms with Crippen LogP contribution < -0.4 is 5.73 Å². The Morgan fingerprint density at radius 1 is 1.12 bits per heavy atom. The van der Waals surface area contributed by atoms with E-state index in [2.05, 4.69) is 39.8 Å². The van der Waals surface area contributed by atoms with Crippen LogP contribution in [0.2, 0.25) is 0 Å². The van der Waals surface area contributed by atoms with Crippen LogP contribution in [0.1, 0.15) is 81.0 Å². The number of ether oxygens (including phenoxy) is 1. The van der Waals surface area contributed by atoms with Crippen LogP contribution in [0.15, 0.2) is 12.1 Å². The Labute approximate surface area is 147 Å². The van der Waals surface area contributed by atoms with E-state index in [0.29, 0.717) is 18.3 Å². The molecule has 2 rings (SSSR count). The molecule has 1 aliphatic rings. The van der Waals surface area contributed by atoms with Crippen molar-refractivity contribution in [2.45, 2.75) is 71.6 Å². The second kappa shape index (κ2) is 8.66. The number of nitrogens with two attached hydrogens (primary N) is 1. The van der Waals surface area contributed by atoms with E-state index in [-0.39, 0.29) is 5.91 Å². The minimum absolute atomic E-state index is 0.242. The molecule has 3 heteroatoms. The lowest BCUT2D eigenvalue weighted by Crippen LogP contribution is -2.18. The van der Waals surface area contributed by atoms with E-state index in [4.69, 9.17) is 10.5 Å². The molecule has 1 aliphatic heterocycles. The van der Waals surface area contributed by atoms with Gasteiger partial charge in [0.1, 0.15) is 0 Å². The molecule has 0 radical (unpaired) electrons. The van der Waals surface area contributed by atoms with Gasteiger partial charge in [0.05, 0.1) is 6.42 Å². The van der Waals surface area contributed by atoms with Crippen LogP contribution >= 0.6 is 0 Å². The second-order valence-electron chi connectivity index (χ2n) is 7.80. The molecule has 1 amide bonds.